The van der Waals surface area contributed by atoms with E-state index in [1.165, 1.54) is 11.8 Å². The molecule has 1 aromatic heterocycles. The first-order valence-corrected chi connectivity index (χ1v) is 6.26. The van der Waals surface area contributed by atoms with Crippen molar-refractivity contribution in [2.75, 3.05) is 26.8 Å². The van der Waals surface area contributed by atoms with Crippen LogP contribution in [0.3, 0.4) is 0 Å². The number of carbonyl (C=O) groups is 3. The molecule has 0 unspecified atom stereocenters. The van der Waals surface area contributed by atoms with E-state index >= 15 is 0 Å². The Kier molecular flexibility index (Phi) is 4.48. The molecule has 1 aliphatic heterocycles. The average molecular weight is 297 g/mol. The Bertz CT molecular complexity index is 569. The number of imide groups is 1. The maximum absolute atomic E-state index is 12.0. The van der Waals surface area contributed by atoms with Gasteiger partial charge in [-0.05, 0) is 6.54 Å². The Morgan fingerprint density at radius 1 is 1.48 bits per heavy atom. The number of esters is 1. The van der Waals surface area contributed by atoms with Crippen molar-refractivity contribution in [3.05, 3.63) is 11.4 Å². The normalized spacial score (nSPS) is 14.2. The number of ether oxygens (including phenoxy) is 2. The van der Waals surface area contributed by atoms with Gasteiger partial charge in [-0.15, -0.1) is 5.10 Å². The molecule has 0 aromatic carbocycles. The lowest BCUT2D eigenvalue weighted by molar-refractivity contribution is -0.128. The number of nitrogens with zero attached hydrogens (tertiary/aromatic N) is 4. The first kappa shape index (κ1) is 14.9. The molecule has 10 nitrogen and oxygen atoms in total. The molecule has 114 valence electrons. The monoisotopic (exact) mass is 297 g/mol. The molecule has 10 heteroatoms. The van der Waals surface area contributed by atoms with Crippen LogP contribution in [0.15, 0.2) is 0 Å². The van der Waals surface area contributed by atoms with Crippen LogP contribution >= 0.6 is 0 Å². The number of hydrogen-bond donors (Lipinski definition) is 1. The Morgan fingerprint density at radius 3 is 2.81 bits per heavy atom. The van der Waals surface area contributed by atoms with Gasteiger partial charge in [-0.1, -0.05) is 5.21 Å². The second kappa shape index (κ2) is 6.31. The van der Waals surface area contributed by atoms with E-state index in [0.717, 1.165) is 4.90 Å². The van der Waals surface area contributed by atoms with Crippen LogP contribution in [0.5, 0.6) is 0 Å². The van der Waals surface area contributed by atoms with Crippen LogP contribution in [0, 0.1) is 0 Å². The summed E-state index contributed by atoms with van der Waals surface area (Å²) in [6.07, 6.45) is -0.386. The van der Waals surface area contributed by atoms with E-state index in [2.05, 4.69) is 19.8 Å². The first-order chi connectivity index (χ1) is 10.1. The number of aromatic nitrogens is 3. The maximum Gasteiger partial charge on any atom is 0.416 e. The van der Waals surface area contributed by atoms with Gasteiger partial charge in [0.2, 0.25) is 0 Å². The van der Waals surface area contributed by atoms with Crippen molar-refractivity contribution in [2.24, 2.45) is 5.73 Å². The van der Waals surface area contributed by atoms with E-state index < -0.39 is 18.0 Å². The SMILES string of the molecule is COC(=O)c1nnn(CC(=O)N2CCOC2=O)c1CCN. The third-order valence-electron chi connectivity index (χ3n) is 2.94. The summed E-state index contributed by atoms with van der Waals surface area (Å²) in [4.78, 5) is 35.9. The molecular formula is C11H15N5O5. The molecule has 0 atom stereocenters. The van der Waals surface area contributed by atoms with Crippen LogP contribution in [0.25, 0.3) is 0 Å². The number of amides is 2. The van der Waals surface area contributed by atoms with Crippen molar-refractivity contribution in [1.29, 1.82) is 0 Å². The molecular weight excluding hydrogens is 282 g/mol. The van der Waals surface area contributed by atoms with E-state index in [9.17, 15) is 14.4 Å². The minimum absolute atomic E-state index is 0.0137. The van der Waals surface area contributed by atoms with Crippen molar-refractivity contribution in [3.8, 4) is 0 Å². The standard InChI is InChI=1S/C11H15N5O5/c1-20-10(18)9-7(2-3-12)16(14-13-9)6-8(17)15-4-5-21-11(15)19/h2-6,12H2,1H3. The molecule has 0 saturated carbocycles. The van der Waals surface area contributed by atoms with Crippen molar-refractivity contribution in [2.45, 2.75) is 13.0 Å². The second-order valence-corrected chi connectivity index (χ2v) is 4.23. The molecule has 0 aliphatic carbocycles. The summed E-state index contributed by atoms with van der Waals surface area (Å²) in [5.74, 6) is -1.14. The van der Waals surface area contributed by atoms with Crippen molar-refractivity contribution >= 4 is 18.0 Å². The van der Waals surface area contributed by atoms with Crippen LogP contribution in [-0.2, 0) is 27.2 Å². The fraction of sp³-hybridized carbons (Fsp3) is 0.545. The van der Waals surface area contributed by atoms with E-state index in [-0.39, 0.29) is 31.9 Å². The van der Waals surface area contributed by atoms with Crippen molar-refractivity contribution in [1.82, 2.24) is 19.9 Å². The van der Waals surface area contributed by atoms with E-state index in [1.54, 1.807) is 0 Å². The molecule has 2 N–H and O–H groups in total. The molecule has 0 spiro atoms. The zero-order valence-corrected chi connectivity index (χ0v) is 11.4. The summed E-state index contributed by atoms with van der Waals surface area (Å²) in [5.41, 5.74) is 5.89. The number of cyclic esters (lactones) is 1. The fourth-order valence-corrected chi connectivity index (χ4v) is 1.93. The highest BCUT2D eigenvalue weighted by atomic mass is 16.6. The quantitative estimate of drug-likeness (QED) is 0.653. The first-order valence-electron chi connectivity index (χ1n) is 6.26. The topological polar surface area (TPSA) is 130 Å². The lowest BCUT2D eigenvalue weighted by Crippen LogP contribution is -2.35. The molecule has 1 fully saturated rings. The third kappa shape index (κ3) is 2.99. The number of methoxy groups -OCH3 is 1. The van der Waals surface area contributed by atoms with Crippen LogP contribution in [0.1, 0.15) is 16.2 Å². The second-order valence-electron chi connectivity index (χ2n) is 4.23. The highest BCUT2D eigenvalue weighted by molar-refractivity contribution is 5.93. The summed E-state index contributed by atoms with van der Waals surface area (Å²) in [6, 6.07) is 0. The zero-order chi connectivity index (χ0) is 15.4. The van der Waals surface area contributed by atoms with Crippen LogP contribution in [0.2, 0.25) is 0 Å². The van der Waals surface area contributed by atoms with E-state index in [0.29, 0.717) is 12.1 Å². The summed E-state index contributed by atoms with van der Waals surface area (Å²) >= 11 is 0. The smallest absolute Gasteiger partial charge is 0.416 e. The lowest BCUT2D eigenvalue weighted by atomic mass is 10.2. The number of carbonyl (C=O) groups excluding carboxylic acids is 3. The predicted octanol–water partition coefficient (Wildman–Crippen LogP) is -1.46. The Morgan fingerprint density at radius 2 is 2.24 bits per heavy atom. The highest BCUT2D eigenvalue weighted by Crippen LogP contribution is 2.10. The Labute approximate surface area is 119 Å². The summed E-state index contributed by atoms with van der Waals surface area (Å²) in [7, 11) is 1.22. The molecule has 0 bridgehead atoms. The van der Waals surface area contributed by atoms with E-state index in [1.807, 2.05) is 0 Å². The minimum Gasteiger partial charge on any atom is -0.464 e. The average Bonchev–Trinajstić information content (AvgIpc) is 3.06. The van der Waals surface area contributed by atoms with Gasteiger partial charge in [0, 0.05) is 6.42 Å². The summed E-state index contributed by atoms with van der Waals surface area (Å²) < 4.78 is 10.5. The van der Waals surface area contributed by atoms with Gasteiger partial charge in [0.25, 0.3) is 5.91 Å². The van der Waals surface area contributed by atoms with Gasteiger partial charge in [0.05, 0.1) is 19.3 Å². The number of nitrogens with two attached hydrogens (primary N) is 1. The van der Waals surface area contributed by atoms with Gasteiger partial charge in [0.15, 0.2) is 5.69 Å². The van der Waals surface area contributed by atoms with Gasteiger partial charge >= 0.3 is 12.1 Å². The van der Waals surface area contributed by atoms with Crippen LogP contribution in [0.4, 0.5) is 4.79 Å². The Hall–Kier alpha value is -2.49. The van der Waals surface area contributed by atoms with Gasteiger partial charge in [-0.2, -0.15) is 0 Å². The third-order valence-corrected chi connectivity index (χ3v) is 2.94. The lowest BCUT2D eigenvalue weighted by Gasteiger charge is -2.11. The van der Waals surface area contributed by atoms with Crippen molar-refractivity contribution < 1.29 is 23.9 Å². The van der Waals surface area contributed by atoms with Gasteiger partial charge < -0.3 is 15.2 Å². The minimum atomic E-state index is -0.686. The fourth-order valence-electron chi connectivity index (χ4n) is 1.93. The number of rotatable bonds is 5. The molecule has 1 aromatic rings. The molecule has 1 aliphatic rings. The summed E-state index contributed by atoms with van der Waals surface area (Å²) in [5, 5.41) is 7.45. The molecule has 0 radical (unpaired) electrons. The van der Waals surface area contributed by atoms with Crippen LogP contribution in [-0.4, -0.2) is 64.7 Å². The van der Waals surface area contributed by atoms with E-state index in [4.69, 9.17) is 5.73 Å². The maximum atomic E-state index is 12.0. The van der Waals surface area contributed by atoms with Gasteiger partial charge in [-0.3, -0.25) is 4.79 Å². The van der Waals surface area contributed by atoms with Crippen LogP contribution < -0.4 is 5.73 Å². The summed E-state index contributed by atoms with van der Waals surface area (Å²) in [6.45, 7) is 0.388. The molecule has 2 rings (SSSR count). The largest absolute Gasteiger partial charge is 0.464 e. The molecule has 21 heavy (non-hydrogen) atoms. The molecule has 2 heterocycles. The molecule has 1 saturated heterocycles. The molecule has 2 amide bonds. The zero-order valence-electron chi connectivity index (χ0n) is 11.4. The van der Waals surface area contributed by atoms with Gasteiger partial charge in [-0.25, -0.2) is 19.2 Å². The number of hydrogen-bond acceptors (Lipinski definition) is 8. The predicted molar refractivity (Wildman–Crippen MR) is 67.2 cm³/mol. The van der Waals surface area contributed by atoms with Crippen molar-refractivity contribution in [3.63, 3.8) is 0 Å². The Balaban J connectivity index is 2.19. The van der Waals surface area contributed by atoms with Gasteiger partial charge in [0.1, 0.15) is 13.2 Å². The highest BCUT2D eigenvalue weighted by Gasteiger charge is 2.30.